The fourth-order valence-corrected chi connectivity index (χ4v) is 4.42. The van der Waals surface area contributed by atoms with Crippen molar-refractivity contribution in [2.45, 2.75) is 65.1 Å². The Morgan fingerprint density at radius 3 is 2.68 bits per heavy atom. The SMILES string of the molecule is CCN1CCN(c2cc(CNC(=O)NC3CCCC(C(=O)NC(C)C)C3)ccn2)CC1. The monoisotopic (exact) mass is 430 g/mol. The fraction of sp³-hybridized carbons (Fsp3) is 0.696. The molecular formula is C23H38N6O2. The minimum atomic E-state index is -0.176. The van der Waals surface area contributed by atoms with E-state index in [1.165, 1.54) is 0 Å². The number of pyridine rings is 1. The molecule has 2 unspecified atom stereocenters. The van der Waals surface area contributed by atoms with Gasteiger partial charge in [-0.2, -0.15) is 0 Å². The molecule has 172 valence electrons. The van der Waals surface area contributed by atoms with Crippen molar-refractivity contribution in [3.05, 3.63) is 23.9 Å². The normalized spacial score (nSPS) is 22.3. The molecule has 2 fully saturated rings. The Labute approximate surface area is 186 Å². The van der Waals surface area contributed by atoms with Gasteiger partial charge in [-0.3, -0.25) is 4.79 Å². The Hall–Kier alpha value is -2.35. The lowest BCUT2D eigenvalue weighted by Gasteiger charge is -2.34. The van der Waals surface area contributed by atoms with Crippen LogP contribution in [0, 0.1) is 5.92 Å². The van der Waals surface area contributed by atoms with Gasteiger partial charge in [-0.05, 0) is 57.4 Å². The number of rotatable bonds is 7. The molecular weight excluding hydrogens is 392 g/mol. The van der Waals surface area contributed by atoms with Gasteiger partial charge in [0.25, 0.3) is 0 Å². The number of anilines is 1. The number of urea groups is 1. The third-order valence-corrected chi connectivity index (χ3v) is 6.22. The molecule has 8 nitrogen and oxygen atoms in total. The van der Waals surface area contributed by atoms with Crippen LogP contribution in [0.1, 0.15) is 52.0 Å². The van der Waals surface area contributed by atoms with Crippen LogP contribution in [0.15, 0.2) is 18.3 Å². The van der Waals surface area contributed by atoms with Crippen LogP contribution in [-0.2, 0) is 11.3 Å². The van der Waals surface area contributed by atoms with Crippen LogP contribution in [0.5, 0.6) is 0 Å². The summed E-state index contributed by atoms with van der Waals surface area (Å²) in [5, 5.41) is 9.01. The quantitative estimate of drug-likeness (QED) is 0.616. The Balaban J connectivity index is 1.45. The first-order chi connectivity index (χ1) is 14.9. The van der Waals surface area contributed by atoms with Crippen molar-refractivity contribution in [3.63, 3.8) is 0 Å². The molecule has 2 aliphatic rings. The molecule has 1 aliphatic heterocycles. The average Bonchev–Trinajstić information content (AvgIpc) is 2.78. The van der Waals surface area contributed by atoms with E-state index in [1.54, 1.807) is 0 Å². The number of likely N-dealkylation sites (N-methyl/N-ethyl adjacent to an activating group) is 1. The number of hydrogen-bond donors (Lipinski definition) is 3. The number of piperazine rings is 1. The minimum Gasteiger partial charge on any atom is -0.354 e. The van der Waals surface area contributed by atoms with Crippen LogP contribution >= 0.6 is 0 Å². The van der Waals surface area contributed by atoms with Gasteiger partial charge in [-0.15, -0.1) is 0 Å². The highest BCUT2D eigenvalue weighted by Gasteiger charge is 2.28. The number of hydrogen-bond acceptors (Lipinski definition) is 5. The zero-order valence-electron chi connectivity index (χ0n) is 19.2. The summed E-state index contributed by atoms with van der Waals surface area (Å²) < 4.78 is 0. The summed E-state index contributed by atoms with van der Waals surface area (Å²) in [5.74, 6) is 1.06. The number of aromatic nitrogens is 1. The second-order valence-electron chi connectivity index (χ2n) is 8.99. The predicted molar refractivity (Wildman–Crippen MR) is 123 cm³/mol. The summed E-state index contributed by atoms with van der Waals surface area (Å²) in [7, 11) is 0. The first-order valence-electron chi connectivity index (χ1n) is 11.7. The maximum absolute atomic E-state index is 12.4. The molecule has 0 aromatic carbocycles. The van der Waals surface area contributed by atoms with E-state index in [4.69, 9.17) is 0 Å². The highest BCUT2D eigenvalue weighted by atomic mass is 16.2. The van der Waals surface area contributed by atoms with Gasteiger partial charge in [0.1, 0.15) is 5.82 Å². The van der Waals surface area contributed by atoms with Crippen molar-refractivity contribution in [2.75, 3.05) is 37.6 Å². The van der Waals surface area contributed by atoms with Crippen LogP contribution in [0.25, 0.3) is 0 Å². The summed E-state index contributed by atoms with van der Waals surface area (Å²) in [4.78, 5) is 34.0. The van der Waals surface area contributed by atoms with E-state index >= 15 is 0 Å². The molecule has 1 aliphatic carbocycles. The summed E-state index contributed by atoms with van der Waals surface area (Å²) in [5.41, 5.74) is 1.04. The third-order valence-electron chi connectivity index (χ3n) is 6.22. The van der Waals surface area contributed by atoms with E-state index in [2.05, 4.69) is 43.7 Å². The summed E-state index contributed by atoms with van der Waals surface area (Å²) in [6, 6.07) is 4.02. The summed E-state index contributed by atoms with van der Waals surface area (Å²) in [6.07, 6.45) is 5.29. The molecule has 0 radical (unpaired) electrons. The second-order valence-corrected chi connectivity index (χ2v) is 8.99. The second kappa shape index (κ2) is 11.3. The maximum atomic E-state index is 12.4. The highest BCUT2D eigenvalue weighted by Crippen LogP contribution is 2.24. The van der Waals surface area contributed by atoms with Gasteiger partial charge < -0.3 is 25.8 Å². The molecule has 2 atom stereocenters. The van der Waals surface area contributed by atoms with Gasteiger partial charge in [0.15, 0.2) is 0 Å². The summed E-state index contributed by atoms with van der Waals surface area (Å²) in [6.45, 7) is 11.8. The highest BCUT2D eigenvalue weighted by molar-refractivity contribution is 5.79. The lowest BCUT2D eigenvalue weighted by Crippen LogP contribution is -2.47. The molecule has 2 heterocycles. The lowest BCUT2D eigenvalue weighted by molar-refractivity contribution is -0.126. The van der Waals surface area contributed by atoms with Crippen LogP contribution in [0.4, 0.5) is 10.6 Å². The number of nitrogens with one attached hydrogen (secondary N) is 3. The zero-order chi connectivity index (χ0) is 22.2. The number of amides is 3. The molecule has 31 heavy (non-hydrogen) atoms. The number of nitrogens with zero attached hydrogens (tertiary/aromatic N) is 3. The molecule has 3 amide bonds. The molecule has 8 heteroatoms. The average molecular weight is 431 g/mol. The fourth-order valence-electron chi connectivity index (χ4n) is 4.42. The molecule has 3 rings (SSSR count). The Kier molecular flexibility index (Phi) is 8.51. The van der Waals surface area contributed by atoms with Crippen LogP contribution < -0.4 is 20.9 Å². The largest absolute Gasteiger partial charge is 0.354 e. The number of carbonyl (C=O) groups is 2. The van der Waals surface area contributed by atoms with Crippen molar-refractivity contribution >= 4 is 17.8 Å². The molecule has 3 N–H and O–H groups in total. The topological polar surface area (TPSA) is 89.6 Å². The predicted octanol–water partition coefficient (Wildman–Crippen LogP) is 2.11. The van der Waals surface area contributed by atoms with Gasteiger partial charge in [0, 0.05) is 56.9 Å². The first kappa shape index (κ1) is 23.3. The summed E-state index contributed by atoms with van der Waals surface area (Å²) >= 11 is 0. The minimum absolute atomic E-state index is 0.0163. The van der Waals surface area contributed by atoms with Gasteiger partial charge in [0.2, 0.25) is 5.91 Å². The van der Waals surface area contributed by atoms with Gasteiger partial charge in [-0.25, -0.2) is 9.78 Å². The van der Waals surface area contributed by atoms with E-state index in [9.17, 15) is 9.59 Å². The van der Waals surface area contributed by atoms with E-state index < -0.39 is 0 Å². The van der Waals surface area contributed by atoms with Crippen molar-refractivity contribution < 1.29 is 9.59 Å². The third kappa shape index (κ3) is 7.09. The van der Waals surface area contributed by atoms with E-state index in [-0.39, 0.29) is 29.9 Å². The molecule has 1 aromatic rings. The van der Waals surface area contributed by atoms with Crippen LogP contribution in [0.3, 0.4) is 0 Å². The first-order valence-corrected chi connectivity index (χ1v) is 11.7. The maximum Gasteiger partial charge on any atom is 0.315 e. The van der Waals surface area contributed by atoms with E-state index in [0.717, 1.165) is 63.4 Å². The zero-order valence-corrected chi connectivity index (χ0v) is 19.2. The van der Waals surface area contributed by atoms with Gasteiger partial charge in [-0.1, -0.05) is 13.3 Å². The smallest absolute Gasteiger partial charge is 0.315 e. The van der Waals surface area contributed by atoms with E-state index in [0.29, 0.717) is 13.0 Å². The Morgan fingerprint density at radius 1 is 1.19 bits per heavy atom. The Morgan fingerprint density at radius 2 is 1.97 bits per heavy atom. The molecule has 1 saturated heterocycles. The van der Waals surface area contributed by atoms with Gasteiger partial charge >= 0.3 is 6.03 Å². The van der Waals surface area contributed by atoms with Crippen molar-refractivity contribution in [2.24, 2.45) is 5.92 Å². The van der Waals surface area contributed by atoms with E-state index in [1.807, 2.05) is 26.1 Å². The van der Waals surface area contributed by atoms with Gasteiger partial charge in [0.05, 0.1) is 0 Å². The molecule has 1 saturated carbocycles. The molecule has 0 bridgehead atoms. The van der Waals surface area contributed by atoms with Crippen molar-refractivity contribution in [1.82, 2.24) is 25.8 Å². The van der Waals surface area contributed by atoms with Crippen LogP contribution in [-0.4, -0.2) is 66.6 Å². The van der Waals surface area contributed by atoms with Crippen molar-refractivity contribution in [3.8, 4) is 0 Å². The molecule has 0 spiro atoms. The van der Waals surface area contributed by atoms with Crippen molar-refractivity contribution in [1.29, 1.82) is 0 Å². The lowest BCUT2D eigenvalue weighted by atomic mass is 9.85. The molecule has 1 aromatic heterocycles. The van der Waals surface area contributed by atoms with Crippen LogP contribution in [0.2, 0.25) is 0 Å². The Bertz CT molecular complexity index is 733. The number of carbonyl (C=O) groups excluding carboxylic acids is 2. The standard InChI is InChI=1S/C23H38N6O2/c1-4-28-10-12-29(13-11-28)21-14-18(8-9-24-21)16-25-23(31)27-20-7-5-6-19(15-20)22(30)26-17(2)3/h8-9,14,17,19-20H,4-7,10-13,15-16H2,1-3H3,(H,26,30)(H2,25,27,31).